The van der Waals surface area contributed by atoms with Crippen LogP contribution in [0.1, 0.15) is 0 Å². The van der Waals surface area contributed by atoms with Gasteiger partial charge in [-0.1, -0.05) is 54.1 Å². The predicted octanol–water partition coefficient (Wildman–Crippen LogP) is 3.75. The maximum Gasteiger partial charge on any atom is 0.243 e. The molecule has 0 spiro atoms. The predicted molar refractivity (Wildman–Crippen MR) is 130 cm³/mol. The zero-order chi connectivity index (χ0) is 23.3. The zero-order valence-corrected chi connectivity index (χ0v) is 19.8. The molecule has 3 aromatic carbocycles. The van der Waals surface area contributed by atoms with Gasteiger partial charge in [0.2, 0.25) is 10.0 Å². The van der Waals surface area contributed by atoms with Crippen LogP contribution in [0.3, 0.4) is 0 Å². The molecule has 0 aromatic heterocycles. The number of halogens is 1. The van der Waals surface area contributed by atoms with Crippen LogP contribution < -0.4 is 4.74 Å². The molecule has 1 aliphatic heterocycles. The highest BCUT2D eigenvalue weighted by atomic mass is 35.5. The summed E-state index contributed by atoms with van der Waals surface area (Å²) in [5, 5.41) is 10.9. The van der Waals surface area contributed by atoms with Crippen LogP contribution in [-0.4, -0.2) is 68.2 Å². The van der Waals surface area contributed by atoms with Crippen molar-refractivity contribution >= 4 is 21.6 Å². The summed E-state index contributed by atoms with van der Waals surface area (Å²) >= 11 is 5.86. The van der Waals surface area contributed by atoms with Crippen molar-refractivity contribution < 1.29 is 18.3 Å². The first kappa shape index (κ1) is 23.7. The average Bonchev–Trinajstić information content (AvgIpc) is 2.84. The molecule has 1 fully saturated rings. The van der Waals surface area contributed by atoms with Crippen LogP contribution in [0.25, 0.3) is 11.1 Å². The van der Waals surface area contributed by atoms with Crippen LogP contribution in [0.2, 0.25) is 5.02 Å². The monoisotopic (exact) mass is 486 g/mol. The highest BCUT2D eigenvalue weighted by Crippen LogP contribution is 2.23. The number of hydrogen-bond donors (Lipinski definition) is 1. The lowest BCUT2D eigenvalue weighted by Gasteiger charge is -2.34. The lowest BCUT2D eigenvalue weighted by atomic mass is 10.1. The number of aliphatic hydroxyl groups excluding tert-OH is 1. The summed E-state index contributed by atoms with van der Waals surface area (Å²) in [6, 6.07) is 24.1. The first-order valence-corrected chi connectivity index (χ1v) is 12.7. The second-order valence-electron chi connectivity index (χ2n) is 8.01. The number of aliphatic hydroxyl groups is 1. The quantitative estimate of drug-likeness (QED) is 0.525. The van der Waals surface area contributed by atoms with Crippen LogP contribution in [0.4, 0.5) is 0 Å². The van der Waals surface area contributed by atoms with Gasteiger partial charge in [0.15, 0.2) is 0 Å². The van der Waals surface area contributed by atoms with E-state index in [9.17, 15) is 13.5 Å². The van der Waals surface area contributed by atoms with Crippen molar-refractivity contribution in [2.45, 2.75) is 11.0 Å². The molecule has 0 unspecified atom stereocenters. The minimum atomic E-state index is -3.54. The van der Waals surface area contributed by atoms with E-state index in [1.807, 2.05) is 42.5 Å². The van der Waals surface area contributed by atoms with E-state index in [0.717, 1.165) is 11.1 Å². The van der Waals surface area contributed by atoms with Crippen molar-refractivity contribution in [2.24, 2.45) is 0 Å². The van der Waals surface area contributed by atoms with E-state index in [1.165, 1.54) is 16.4 Å². The lowest BCUT2D eigenvalue weighted by molar-refractivity contribution is 0.0569. The summed E-state index contributed by atoms with van der Waals surface area (Å²) in [7, 11) is -3.54. The van der Waals surface area contributed by atoms with Crippen LogP contribution in [0.5, 0.6) is 5.75 Å². The van der Waals surface area contributed by atoms with Gasteiger partial charge in [0.1, 0.15) is 18.5 Å². The standard InChI is InChI=1S/C25H27ClN2O4S/c26-22-8-12-25(13-9-22)33(30,31)28-16-14-27(15-17-28)18-23(29)19-32-24-10-6-21(7-11-24)20-4-2-1-3-5-20/h1-13,23,29H,14-19H2/t23-/m1/s1. The molecule has 1 saturated heterocycles. The molecule has 4 rings (SSSR count). The third-order valence-corrected chi connectivity index (χ3v) is 7.82. The molecule has 0 bridgehead atoms. The zero-order valence-electron chi connectivity index (χ0n) is 18.2. The van der Waals surface area contributed by atoms with Crippen LogP contribution in [-0.2, 0) is 10.0 Å². The topological polar surface area (TPSA) is 70.1 Å². The maximum absolute atomic E-state index is 12.8. The van der Waals surface area contributed by atoms with Gasteiger partial charge in [-0.25, -0.2) is 8.42 Å². The Morgan fingerprint density at radius 2 is 1.45 bits per heavy atom. The van der Waals surface area contributed by atoms with Crippen LogP contribution in [0.15, 0.2) is 83.8 Å². The molecule has 1 N–H and O–H groups in total. The van der Waals surface area contributed by atoms with Gasteiger partial charge >= 0.3 is 0 Å². The second kappa shape index (κ2) is 10.7. The Labute approximate surface area is 200 Å². The van der Waals surface area contributed by atoms with E-state index in [-0.39, 0.29) is 11.5 Å². The Bertz CT molecular complexity index is 1130. The fourth-order valence-electron chi connectivity index (χ4n) is 3.83. The largest absolute Gasteiger partial charge is 0.491 e. The Balaban J connectivity index is 1.23. The van der Waals surface area contributed by atoms with Crippen molar-refractivity contribution in [1.29, 1.82) is 0 Å². The minimum Gasteiger partial charge on any atom is -0.491 e. The summed E-state index contributed by atoms with van der Waals surface area (Å²) in [5.74, 6) is 0.701. The van der Waals surface area contributed by atoms with Gasteiger partial charge in [0.05, 0.1) is 4.90 Å². The molecule has 0 saturated carbocycles. The summed E-state index contributed by atoms with van der Waals surface area (Å²) in [4.78, 5) is 2.30. The van der Waals surface area contributed by atoms with Gasteiger partial charge in [-0.15, -0.1) is 0 Å². The van der Waals surface area contributed by atoms with Crippen molar-refractivity contribution in [3.8, 4) is 16.9 Å². The van der Waals surface area contributed by atoms with Gasteiger partial charge in [0.25, 0.3) is 0 Å². The summed E-state index contributed by atoms with van der Waals surface area (Å²) in [6.45, 7) is 2.45. The highest BCUT2D eigenvalue weighted by Gasteiger charge is 2.29. The molecule has 174 valence electrons. The average molecular weight is 487 g/mol. The summed E-state index contributed by atoms with van der Waals surface area (Å²) < 4.78 is 32.8. The van der Waals surface area contributed by atoms with Crippen molar-refractivity contribution in [1.82, 2.24) is 9.21 Å². The molecule has 0 amide bonds. The van der Waals surface area contributed by atoms with Gasteiger partial charge < -0.3 is 9.84 Å². The minimum absolute atomic E-state index is 0.175. The fourth-order valence-corrected chi connectivity index (χ4v) is 5.37. The molecule has 1 aliphatic rings. The molecule has 1 heterocycles. The third-order valence-electron chi connectivity index (χ3n) is 5.66. The molecular weight excluding hydrogens is 460 g/mol. The molecule has 8 heteroatoms. The summed E-state index contributed by atoms with van der Waals surface area (Å²) in [6.07, 6.45) is -0.668. The first-order chi connectivity index (χ1) is 15.9. The van der Waals surface area contributed by atoms with Crippen molar-refractivity contribution in [2.75, 3.05) is 39.3 Å². The van der Waals surface area contributed by atoms with Gasteiger partial charge in [-0.3, -0.25) is 4.90 Å². The fraction of sp³-hybridized carbons (Fsp3) is 0.280. The normalized spacial score (nSPS) is 16.4. The summed E-state index contributed by atoms with van der Waals surface area (Å²) in [5.41, 5.74) is 2.25. The number of piperazine rings is 1. The van der Waals surface area contributed by atoms with E-state index in [4.69, 9.17) is 16.3 Å². The number of sulfonamides is 1. The van der Waals surface area contributed by atoms with Crippen LogP contribution >= 0.6 is 11.6 Å². The number of hydrogen-bond acceptors (Lipinski definition) is 5. The first-order valence-electron chi connectivity index (χ1n) is 10.9. The Morgan fingerprint density at radius 1 is 0.848 bits per heavy atom. The number of nitrogens with zero attached hydrogens (tertiary/aromatic N) is 2. The molecule has 3 aromatic rings. The van der Waals surface area contributed by atoms with E-state index in [1.54, 1.807) is 12.1 Å². The van der Waals surface area contributed by atoms with E-state index >= 15 is 0 Å². The number of rotatable bonds is 8. The smallest absolute Gasteiger partial charge is 0.243 e. The molecule has 33 heavy (non-hydrogen) atoms. The van der Waals surface area contributed by atoms with Crippen LogP contribution in [0, 0.1) is 0 Å². The van der Waals surface area contributed by atoms with E-state index in [0.29, 0.717) is 43.5 Å². The SMILES string of the molecule is O=S(=O)(c1ccc(Cl)cc1)N1CCN(C[C@@H](O)COc2ccc(-c3ccccc3)cc2)CC1. The van der Waals surface area contributed by atoms with E-state index < -0.39 is 16.1 Å². The number of β-amino-alcohol motifs (C(OH)–C–C–N with tert-alkyl or cyclic N) is 1. The highest BCUT2D eigenvalue weighted by molar-refractivity contribution is 7.89. The molecule has 1 atom stereocenters. The maximum atomic E-state index is 12.8. The van der Waals surface area contributed by atoms with Crippen molar-refractivity contribution in [3.05, 3.63) is 83.9 Å². The Hall–Kier alpha value is -2.42. The van der Waals surface area contributed by atoms with Crippen molar-refractivity contribution in [3.63, 3.8) is 0 Å². The molecule has 6 nitrogen and oxygen atoms in total. The van der Waals surface area contributed by atoms with Gasteiger partial charge in [0, 0.05) is 37.7 Å². The van der Waals surface area contributed by atoms with Gasteiger partial charge in [-0.2, -0.15) is 4.31 Å². The second-order valence-corrected chi connectivity index (χ2v) is 10.4. The van der Waals surface area contributed by atoms with Gasteiger partial charge in [-0.05, 0) is 47.5 Å². The third kappa shape index (κ3) is 6.13. The molecule has 0 radical (unpaired) electrons. The Morgan fingerprint density at radius 3 is 2.09 bits per heavy atom. The molecule has 0 aliphatic carbocycles. The van der Waals surface area contributed by atoms with E-state index in [2.05, 4.69) is 17.0 Å². The lowest BCUT2D eigenvalue weighted by Crippen LogP contribution is -2.50. The molecular formula is C25H27ClN2O4S. The number of ether oxygens (including phenoxy) is 1. The Kier molecular flexibility index (Phi) is 7.67. The number of benzene rings is 3.